The highest BCUT2D eigenvalue weighted by molar-refractivity contribution is 6.02. The molecule has 8 heteroatoms. The molecular formula is C31H24FN5O2. The molecule has 1 aliphatic rings. The number of benzene rings is 3. The van der Waals surface area contributed by atoms with E-state index in [4.69, 9.17) is 0 Å². The molecule has 1 saturated carbocycles. The van der Waals surface area contributed by atoms with Crippen molar-refractivity contribution in [3.05, 3.63) is 84.9 Å². The molecule has 6 aromatic rings. The molecule has 3 aromatic heterocycles. The zero-order valence-corrected chi connectivity index (χ0v) is 20.8. The van der Waals surface area contributed by atoms with Crippen LogP contribution >= 0.6 is 0 Å². The van der Waals surface area contributed by atoms with Crippen molar-refractivity contribution >= 4 is 33.4 Å². The summed E-state index contributed by atoms with van der Waals surface area (Å²) in [5.41, 5.74) is 7.22. The van der Waals surface area contributed by atoms with Crippen LogP contribution in [0, 0.1) is 11.7 Å². The molecular weight excluding hydrogens is 493 g/mol. The number of aromatic hydroxyl groups is 1. The number of amides is 1. The Morgan fingerprint density at radius 1 is 0.923 bits per heavy atom. The minimum Gasteiger partial charge on any atom is -0.508 e. The van der Waals surface area contributed by atoms with Crippen LogP contribution in [0.5, 0.6) is 5.75 Å². The van der Waals surface area contributed by atoms with Crippen molar-refractivity contribution in [3.63, 3.8) is 0 Å². The topological polar surface area (TPSA) is 107 Å². The minimum atomic E-state index is -0.496. The van der Waals surface area contributed by atoms with Crippen LogP contribution in [0.3, 0.4) is 0 Å². The maximum absolute atomic E-state index is 14.0. The Bertz CT molecular complexity index is 1870. The molecule has 3 heterocycles. The van der Waals surface area contributed by atoms with E-state index in [0.29, 0.717) is 11.3 Å². The van der Waals surface area contributed by atoms with Crippen molar-refractivity contribution in [2.45, 2.75) is 19.3 Å². The summed E-state index contributed by atoms with van der Waals surface area (Å²) in [7, 11) is 0. The van der Waals surface area contributed by atoms with Gasteiger partial charge in [0.25, 0.3) is 0 Å². The Hall–Kier alpha value is -4.98. The molecule has 1 amide bonds. The first-order valence-corrected chi connectivity index (χ1v) is 12.9. The van der Waals surface area contributed by atoms with Crippen LogP contribution < -0.4 is 5.32 Å². The number of carbonyl (C=O) groups is 1. The lowest BCUT2D eigenvalue weighted by Gasteiger charge is -2.24. The Labute approximate surface area is 222 Å². The average molecular weight is 518 g/mol. The summed E-state index contributed by atoms with van der Waals surface area (Å²) in [4.78, 5) is 20.2. The molecule has 0 bridgehead atoms. The molecule has 39 heavy (non-hydrogen) atoms. The first-order chi connectivity index (χ1) is 19.0. The normalized spacial score (nSPS) is 13.6. The third kappa shape index (κ3) is 4.20. The number of hydrogen-bond donors (Lipinski definition) is 4. The van der Waals surface area contributed by atoms with E-state index in [0.717, 1.165) is 75.2 Å². The second-order valence-electron chi connectivity index (χ2n) is 10.1. The molecule has 3 aromatic carbocycles. The van der Waals surface area contributed by atoms with Crippen molar-refractivity contribution < 1.29 is 14.3 Å². The Balaban J connectivity index is 1.27. The van der Waals surface area contributed by atoms with Crippen LogP contribution in [0.4, 0.5) is 10.1 Å². The molecule has 0 radical (unpaired) electrons. The number of rotatable bonds is 5. The van der Waals surface area contributed by atoms with Crippen LogP contribution in [0.1, 0.15) is 19.3 Å². The number of nitrogens with zero attached hydrogens (tertiary/aromatic N) is 2. The van der Waals surface area contributed by atoms with Gasteiger partial charge in [0.15, 0.2) is 0 Å². The quantitative estimate of drug-likeness (QED) is 0.197. The van der Waals surface area contributed by atoms with Gasteiger partial charge < -0.3 is 15.4 Å². The third-order valence-electron chi connectivity index (χ3n) is 7.49. The van der Waals surface area contributed by atoms with E-state index in [1.54, 1.807) is 18.5 Å². The summed E-state index contributed by atoms with van der Waals surface area (Å²) in [6.07, 6.45) is 6.44. The summed E-state index contributed by atoms with van der Waals surface area (Å²) in [5, 5.41) is 22.4. The summed E-state index contributed by atoms with van der Waals surface area (Å²) < 4.78 is 14.0. The highest BCUT2D eigenvalue weighted by Crippen LogP contribution is 2.36. The number of hydrogen-bond acceptors (Lipinski definition) is 4. The number of fused-ring (bicyclic) bond motifs is 2. The largest absolute Gasteiger partial charge is 0.508 e. The Kier molecular flexibility index (Phi) is 5.40. The Morgan fingerprint density at radius 2 is 1.82 bits per heavy atom. The molecule has 1 fully saturated rings. The van der Waals surface area contributed by atoms with Gasteiger partial charge in [-0.1, -0.05) is 24.6 Å². The van der Waals surface area contributed by atoms with Crippen LogP contribution in [0.2, 0.25) is 0 Å². The SMILES string of the molecule is O=C(Nc1cncc(-c2ccc3[nH]nc(-c4cc5c(-c6cc(O)cc(F)c6)cccc5[nH]4)c3c2)c1)C1CCC1. The molecule has 0 saturated heterocycles. The average Bonchev–Trinajstić information content (AvgIpc) is 3.50. The smallest absolute Gasteiger partial charge is 0.227 e. The fourth-order valence-electron chi connectivity index (χ4n) is 5.24. The van der Waals surface area contributed by atoms with Crippen LogP contribution in [-0.2, 0) is 4.79 Å². The molecule has 0 spiro atoms. The van der Waals surface area contributed by atoms with Crippen molar-refractivity contribution in [3.8, 4) is 39.4 Å². The monoisotopic (exact) mass is 517 g/mol. The molecule has 192 valence electrons. The van der Waals surface area contributed by atoms with Gasteiger partial charge in [-0.2, -0.15) is 5.10 Å². The van der Waals surface area contributed by atoms with E-state index in [9.17, 15) is 14.3 Å². The van der Waals surface area contributed by atoms with E-state index >= 15 is 0 Å². The molecule has 0 unspecified atom stereocenters. The van der Waals surface area contributed by atoms with E-state index < -0.39 is 5.82 Å². The van der Waals surface area contributed by atoms with Gasteiger partial charge in [-0.15, -0.1) is 0 Å². The van der Waals surface area contributed by atoms with Gasteiger partial charge in [-0.3, -0.25) is 14.9 Å². The second-order valence-corrected chi connectivity index (χ2v) is 10.1. The van der Waals surface area contributed by atoms with Gasteiger partial charge in [0.2, 0.25) is 5.91 Å². The molecule has 1 aliphatic carbocycles. The predicted molar refractivity (Wildman–Crippen MR) is 150 cm³/mol. The van der Waals surface area contributed by atoms with Crippen LogP contribution in [0.15, 0.2) is 79.1 Å². The second kappa shape index (κ2) is 9.09. The molecule has 0 aliphatic heterocycles. The maximum atomic E-state index is 14.0. The minimum absolute atomic E-state index is 0.0550. The van der Waals surface area contributed by atoms with Crippen LogP contribution in [0.25, 0.3) is 55.4 Å². The highest BCUT2D eigenvalue weighted by atomic mass is 19.1. The number of nitrogens with one attached hydrogen (secondary N) is 3. The fraction of sp³-hybridized carbons (Fsp3) is 0.129. The number of aromatic amines is 2. The lowest BCUT2D eigenvalue weighted by molar-refractivity contribution is -0.122. The third-order valence-corrected chi connectivity index (χ3v) is 7.49. The van der Waals surface area contributed by atoms with Gasteiger partial charge in [0.1, 0.15) is 17.3 Å². The van der Waals surface area contributed by atoms with E-state index in [2.05, 4.69) is 31.5 Å². The summed E-state index contributed by atoms with van der Waals surface area (Å²) in [6.45, 7) is 0. The lowest BCUT2D eigenvalue weighted by Crippen LogP contribution is -2.28. The van der Waals surface area contributed by atoms with Gasteiger partial charge in [0, 0.05) is 40.0 Å². The van der Waals surface area contributed by atoms with Crippen molar-refractivity contribution in [1.82, 2.24) is 20.2 Å². The number of phenolic OH excluding ortho intramolecular Hbond substituents is 1. The number of aromatic nitrogens is 4. The van der Waals surface area contributed by atoms with Gasteiger partial charge in [-0.05, 0) is 72.0 Å². The maximum Gasteiger partial charge on any atom is 0.227 e. The summed E-state index contributed by atoms with van der Waals surface area (Å²) >= 11 is 0. The van der Waals surface area contributed by atoms with E-state index in [1.165, 1.54) is 6.07 Å². The number of pyridine rings is 1. The molecule has 7 rings (SSSR count). The zero-order chi connectivity index (χ0) is 26.5. The van der Waals surface area contributed by atoms with E-state index in [1.807, 2.05) is 42.5 Å². The number of phenols is 1. The van der Waals surface area contributed by atoms with Crippen molar-refractivity contribution in [2.75, 3.05) is 5.32 Å². The van der Waals surface area contributed by atoms with Crippen molar-refractivity contribution in [1.29, 1.82) is 0 Å². The summed E-state index contributed by atoms with van der Waals surface area (Å²) in [5.74, 6) is -0.462. The zero-order valence-electron chi connectivity index (χ0n) is 20.8. The highest BCUT2D eigenvalue weighted by Gasteiger charge is 2.25. The number of anilines is 1. The van der Waals surface area contributed by atoms with Gasteiger partial charge in [0.05, 0.1) is 23.1 Å². The summed E-state index contributed by atoms with van der Waals surface area (Å²) in [6, 6.07) is 19.8. The van der Waals surface area contributed by atoms with Crippen LogP contribution in [-0.4, -0.2) is 31.2 Å². The lowest BCUT2D eigenvalue weighted by atomic mass is 9.85. The number of H-pyrrole nitrogens is 2. The standard InChI is InChI=1S/C31H24FN5O2/c32-21-9-19(11-23(38)13-21)24-5-2-6-27-25(24)14-29(35-27)30-26-12-18(7-8-28(26)36-37-30)20-10-22(16-33-15-20)34-31(39)17-3-1-4-17/h2,5-17,35,38H,1,3-4H2,(H,34,39)(H,36,37). The predicted octanol–water partition coefficient (Wildman–Crippen LogP) is 7.02. The van der Waals surface area contributed by atoms with Gasteiger partial charge >= 0.3 is 0 Å². The van der Waals surface area contributed by atoms with Gasteiger partial charge in [-0.25, -0.2) is 4.39 Å². The number of carbonyl (C=O) groups excluding carboxylic acids is 1. The first kappa shape index (κ1) is 23.2. The molecule has 7 nitrogen and oxygen atoms in total. The first-order valence-electron chi connectivity index (χ1n) is 12.9. The van der Waals surface area contributed by atoms with E-state index in [-0.39, 0.29) is 17.6 Å². The number of halogens is 1. The molecule has 4 N–H and O–H groups in total. The fourth-order valence-corrected chi connectivity index (χ4v) is 5.24. The van der Waals surface area contributed by atoms with Crippen molar-refractivity contribution in [2.24, 2.45) is 5.92 Å². The Morgan fingerprint density at radius 3 is 2.64 bits per heavy atom. The molecule has 0 atom stereocenters.